The number of ether oxygens (including phenoxy) is 2. The predicted octanol–water partition coefficient (Wildman–Crippen LogP) is 0.712. The maximum Gasteiger partial charge on any atom is 0.358 e. The quantitative estimate of drug-likeness (QED) is 0.568. The van der Waals surface area contributed by atoms with Gasteiger partial charge in [-0.3, -0.25) is 4.98 Å². The normalized spacial score (nSPS) is 9.88. The zero-order valence-corrected chi connectivity index (χ0v) is 9.40. The standard InChI is InChI=1S/C10H15N3O3/c1-3-16-5-4-12-9-7-11-6-8(13-9)10(14)15-2/h6-7H,3-5H2,1-2H3,(H,12,13). The summed E-state index contributed by atoms with van der Waals surface area (Å²) in [4.78, 5) is 19.1. The maximum atomic E-state index is 11.2. The molecule has 0 atom stereocenters. The van der Waals surface area contributed by atoms with Gasteiger partial charge < -0.3 is 14.8 Å². The average Bonchev–Trinajstić information content (AvgIpc) is 2.34. The van der Waals surface area contributed by atoms with Gasteiger partial charge in [0.2, 0.25) is 0 Å². The number of methoxy groups -OCH3 is 1. The van der Waals surface area contributed by atoms with Gasteiger partial charge in [-0.25, -0.2) is 9.78 Å². The number of aromatic nitrogens is 2. The fraction of sp³-hybridized carbons (Fsp3) is 0.500. The van der Waals surface area contributed by atoms with E-state index in [0.717, 1.165) is 0 Å². The predicted molar refractivity (Wildman–Crippen MR) is 58.4 cm³/mol. The van der Waals surface area contributed by atoms with Crippen molar-refractivity contribution in [1.82, 2.24) is 9.97 Å². The van der Waals surface area contributed by atoms with E-state index in [4.69, 9.17) is 4.74 Å². The Bertz CT molecular complexity index is 344. The number of anilines is 1. The zero-order chi connectivity index (χ0) is 11.8. The minimum Gasteiger partial charge on any atom is -0.464 e. The lowest BCUT2D eigenvalue weighted by atomic mass is 10.4. The second kappa shape index (κ2) is 6.73. The molecule has 0 radical (unpaired) electrons. The molecule has 0 unspecified atom stereocenters. The lowest BCUT2D eigenvalue weighted by Gasteiger charge is -2.05. The van der Waals surface area contributed by atoms with E-state index in [1.54, 1.807) is 6.20 Å². The maximum absolute atomic E-state index is 11.2. The lowest BCUT2D eigenvalue weighted by Crippen LogP contribution is -2.12. The molecule has 16 heavy (non-hydrogen) atoms. The summed E-state index contributed by atoms with van der Waals surface area (Å²) in [7, 11) is 1.30. The zero-order valence-electron chi connectivity index (χ0n) is 9.40. The molecule has 0 aromatic carbocycles. The van der Waals surface area contributed by atoms with Crippen LogP contribution < -0.4 is 5.32 Å². The van der Waals surface area contributed by atoms with Crippen LogP contribution in [-0.2, 0) is 9.47 Å². The van der Waals surface area contributed by atoms with Crippen molar-refractivity contribution in [2.75, 3.05) is 32.2 Å². The first-order chi connectivity index (χ1) is 7.77. The van der Waals surface area contributed by atoms with Gasteiger partial charge in [0.25, 0.3) is 0 Å². The molecule has 0 saturated heterocycles. The number of rotatable bonds is 6. The van der Waals surface area contributed by atoms with Gasteiger partial charge in [0, 0.05) is 13.2 Å². The van der Waals surface area contributed by atoms with E-state index < -0.39 is 5.97 Å². The third-order valence-electron chi connectivity index (χ3n) is 1.79. The Morgan fingerprint density at radius 2 is 2.31 bits per heavy atom. The molecule has 1 aromatic heterocycles. The molecule has 1 aromatic rings. The van der Waals surface area contributed by atoms with Crippen LogP contribution in [0.4, 0.5) is 5.82 Å². The highest BCUT2D eigenvalue weighted by molar-refractivity contribution is 5.87. The molecule has 1 N–H and O–H groups in total. The van der Waals surface area contributed by atoms with Crippen LogP contribution in [-0.4, -0.2) is 42.8 Å². The Balaban J connectivity index is 2.50. The van der Waals surface area contributed by atoms with Crippen molar-refractivity contribution in [1.29, 1.82) is 0 Å². The highest BCUT2D eigenvalue weighted by Gasteiger charge is 2.07. The summed E-state index contributed by atoms with van der Waals surface area (Å²) in [5.41, 5.74) is 0.184. The number of esters is 1. The van der Waals surface area contributed by atoms with Crippen molar-refractivity contribution in [3.8, 4) is 0 Å². The first-order valence-electron chi connectivity index (χ1n) is 5.00. The molecule has 1 heterocycles. The number of carbonyl (C=O) groups is 1. The van der Waals surface area contributed by atoms with Gasteiger partial charge >= 0.3 is 5.97 Å². The van der Waals surface area contributed by atoms with Crippen LogP contribution in [0.1, 0.15) is 17.4 Å². The number of carbonyl (C=O) groups excluding carboxylic acids is 1. The Morgan fingerprint density at radius 1 is 1.50 bits per heavy atom. The Hall–Kier alpha value is -1.69. The molecule has 0 aliphatic rings. The van der Waals surface area contributed by atoms with Crippen molar-refractivity contribution >= 4 is 11.8 Å². The van der Waals surface area contributed by atoms with Crippen molar-refractivity contribution in [2.45, 2.75) is 6.92 Å². The summed E-state index contributed by atoms with van der Waals surface area (Å²) in [6, 6.07) is 0. The summed E-state index contributed by atoms with van der Waals surface area (Å²) >= 11 is 0. The second-order valence-electron chi connectivity index (χ2n) is 2.90. The molecule has 6 heteroatoms. The second-order valence-corrected chi connectivity index (χ2v) is 2.90. The van der Waals surface area contributed by atoms with E-state index in [0.29, 0.717) is 25.6 Å². The van der Waals surface area contributed by atoms with Crippen LogP contribution in [0.3, 0.4) is 0 Å². The molecule has 0 bridgehead atoms. The summed E-state index contributed by atoms with van der Waals surface area (Å²) in [6.45, 7) is 3.81. The van der Waals surface area contributed by atoms with E-state index in [1.807, 2.05) is 6.92 Å². The van der Waals surface area contributed by atoms with Crippen LogP contribution in [0.2, 0.25) is 0 Å². The molecule has 0 fully saturated rings. The van der Waals surface area contributed by atoms with E-state index in [2.05, 4.69) is 20.0 Å². The number of hydrogen-bond donors (Lipinski definition) is 1. The van der Waals surface area contributed by atoms with Gasteiger partial charge in [-0.15, -0.1) is 0 Å². The third-order valence-corrected chi connectivity index (χ3v) is 1.79. The molecule has 0 aliphatic carbocycles. The molecule has 6 nitrogen and oxygen atoms in total. The molecular weight excluding hydrogens is 210 g/mol. The van der Waals surface area contributed by atoms with Gasteiger partial charge in [-0.1, -0.05) is 0 Å². The van der Waals surface area contributed by atoms with Gasteiger partial charge in [0.05, 0.1) is 26.1 Å². The summed E-state index contributed by atoms with van der Waals surface area (Å²) in [5.74, 6) is 0.0311. The van der Waals surface area contributed by atoms with Crippen molar-refractivity contribution in [3.63, 3.8) is 0 Å². The average molecular weight is 225 g/mol. The van der Waals surface area contributed by atoms with Crippen LogP contribution >= 0.6 is 0 Å². The highest BCUT2D eigenvalue weighted by atomic mass is 16.5. The van der Waals surface area contributed by atoms with E-state index >= 15 is 0 Å². The number of nitrogens with one attached hydrogen (secondary N) is 1. The van der Waals surface area contributed by atoms with Gasteiger partial charge in [0.15, 0.2) is 5.69 Å². The van der Waals surface area contributed by atoms with Crippen molar-refractivity contribution < 1.29 is 14.3 Å². The van der Waals surface area contributed by atoms with Crippen molar-refractivity contribution in [3.05, 3.63) is 18.1 Å². The first-order valence-corrected chi connectivity index (χ1v) is 5.00. The molecule has 0 amide bonds. The monoisotopic (exact) mass is 225 g/mol. The lowest BCUT2D eigenvalue weighted by molar-refractivity contribution is 0.0593. The Labute approximate surface area is 94.0 Å². The number of hydrogen-bond acceptors (Lipinski definition) is 6. The van der Waals surface area contributed by atoms with E-state index in [9.17, 15) is 4.79 Å². The van der Waals surface area contributed by atoms with Gasteiger partial charge in [-0.05, 0) is 6.92 Å². The van der Waals surface area contributed by atoms with Gasteiger partial charge in [-0.2, -0.15) is 0 Å². The molecule has 0 saturated carbocycles. The summed E-state index contributed by atoms with van der Waals surface area (Å²) in [5, 5.41) is 2.99. The third kappa shape index (κ3) is 3.82. The minimum absolute atomic E-state index is 0.184. The SMILES string of the molecule is CCOCCNc1cncc(C(=O)OC)n1. The minimum atomic E-state index is -0.499. The largest absolute Gasteiger partial charge is 0.464 e. The molecule has 0 aliphatic heterocycles. The van der Waals surface area contributed by atoms with Crippen LogP contribution in [0.15, 0.2) is 12.4 Å². The molecular formula is C10H15N3O3. The van der Waals surface area contributed by atoms with Gasteiger partial charge in [0.1, 0.15) is 5.82 Å². The summed E-state index contributed by atoms with van der Waals surface area (Å²) in [6.07, 6.45) is 2.90. The van der Waals surface area contributed by atoms with Crippen LogP contribution in [0, 0.1) is 0 Å². The Kier molecular flexibility index (Phi) is 5.21. The highest BCUT2D eigenvalue weighted by Crippen LogP contribution is 2.02. The topological polar surface area (TPSA) is 73.3 Å². The first kappa shape index (κ1) is 12.4. The molecule has 88 valence electrons. The van der Waals surface area contributed by atoms with E-state index in [1.165, 1.54) is 13.3 Å². The fourth-order valence-corrected chi connectivity index (χ4v) is 1.05. The smallest absolute Gasteiger partial charge is 0.358 e. The molecule has 0 spiro atoms. The molecule has 1 rings (SSSR count). The van der Waals surface area contributed by atoms with Crippen LogP contribution in [0.5, 0.6) is 0 Å². The van der Waals surface area contributed by atoms with Crippen LogP contribution in [0.25, 0.3) is 0 Å². The fourth-order valence-electron chi connectivity index (χ4n) is 1.05. The van der Waals surface area contributed by atoms with E-state index in [-0.39, 0.29) is 5.69 Å². The number of nitrogens with zero attached hydrogens (tertiary/aromatic N) is 2. The Morgan fingerprint density at radius 3 is 3.00 bits per heavy atom. The van der Waals surface area contributed by atoms with Crippen molar-refractivity contribution in [2.24, 2.45) is 0 Å². The summed E-state index contributed by atoms with van der Waals surface area (Å²) < 4.78 is 9.69.